The first kappa shape index (κ1) is 17.4. The molecule has 1 saturated carbocycles. The lowest BCUT2D eigenvalue weighted by Crippen LogP contribution is -2.38. The van der Waals surface area contributed by atoms with Crippen LogP contribution < -0.4 is 19.9 Å². The van der Waals surface area contributed by atoms with Gasteiger partial charge >= 0.3 is 0 Å². The predicted molar refractivity (Wildman–Crippen MR) is 91.2 cm³/mol. The van der Waals surface area contributed by atoms with Crippen molar-refractivity contribution in [1.82, 2.24) is 0 Å². The Kier molecular flexibility index (Phi) is 3.54. The number of nitriles is 2. The second kappa shape index (κ2) is 5.49. The number of rotatable bonds is 4. The van der Waals surface area contributed by atoms with Crippen molar-refractivity contribution < 1.29 is 23.7 Å². The van der Waals surface area contributed by atoms with Crippen LogP contribution in [-0.2, 0) is 9.47 Å². The van der Waals surface area contributed by atoms with Crippen LogP contribution in [0.4, 0.5) is 0 Å². The van der Waals surface area contributed by atoms with E-state index >= 15 is 0 Å². The van der Waals surface area contributed by atoms with Crippen molar-refractivity contribution in [2.24, 2.45) is 21.6 Å². The van der Waals surface area contributed by atoms with Gasteiger partial charge < -0.3 is 29.4 Å². The molecule has 1 saturated heterocycles. The highest BCUT2D eigenvalue weighted by Gasteiger charge is 2.94. The molecule has 3 aliphatic rings. The Morgan fingerprint density at radius 3 is 2.26 bits per heavy atom. The summed E-state index contributed by atoms with van der Waals surface area (Å²) in [6.07, 6.45) is 0. The zero-order valence-corrected chi connectivity index (χ0v) is 15.1. The molecular weight excluding hydrogens is 352 g/mol. The molecule has 1 aliphatic carbocycles. The van der Waals surface area contributed by atoms with E-state index in [0.717, 1.165) is 0 Å². The summed E-state index contributed by atoms with van der Waals surface area (Å²) in [7, 11) is 4.47. The van der Waals surface area contributed by atoms with Crippen LogP contribution >= 0.6 is 0 Å². The van der Waals surface area contributed by atoms with Crippen molar-refractivity contribution >= 4 is 5.84 Å². The molecule has 4 rings (SSSR count). The Balaban J connectivity index is 1.96. The Morgan fingerprint density at radius 2 is 1.74 bits per heavy atom. The fourth-order valence-electron chi connectivity index (χ4n) is 4.54. The van der Waals surface area contributed by atoms with Gasteiger partial charge in [-0.2, -0.15) is 10.5 Å². The van der Waals surface area contributed by atoms with Crippen LogP contribution in [0.1, 0.15) is 11.5 Å². The van der Waals surface area contributed by atoms with Gasteiger partial charge in [-0.1, -0.05) is 6.07 Å². The highest BCUT2D eigenvalue weighted by atomic mass is 16.8. The van der Waals surface area contributed by atoms with Crippen molar-refractivity contribution in [3.63, 3.8) is 0 Å². The van der Waals surface area contributed by atoms with E-state index in [9.17, 15) is 10.5 Å². The van der Waals surface area contributed by atoms with Gasteiger partial charge in [0.15, 0.2) is 16.9 Å². The predicted octanol–water partition coefficient (Wildman–Crippen LogP) is 0.901. The van der Waals surface area contributed by atoms with Crippen molar-refractivity contribution in [3.05, 3.63) is 17.7 Å². The molecule has 1 spiro atoms. The van der Waals surface area contributed by atoms with Gasteiger partial charge in [0, 0.05) is 11.5 Å². The average Bonchev–Trinajstić information content (AvgIpc) is 2.93. The minimum absolute atomic E-state index is 0.0234. The van der Waals surface area contributed by atoms with E-state index in [1.165, 1.54) is 21.3 Å². The molecule has 3 atom stereocenters. The minimum Gasteiger partial charge on any atom is -0.493 e. The first-order valence-electron chi connectivity index (χ1n) is 8.28. The molecular formula is C18H18N4O5. The number of fused-ring (bicyclic) bond motifs is 2. The summed E-state index contributed by atoms with van der Waals surface area (Å²) >= 11 is 0. The largest absolute Gasteiger partial charge is 0.493 e. The molecule has 1 aromatic rings. The molecule has 9 nitrogen and oxygen atoms in total. The SMILES string of the molecule is COc1ccc([C@@H]2[C@@]3(C#N)C(N)=NC4(OCCO4)[C@@]23C#N)c(OC)c1OC. The third-order valence-corrected chi connectivity index (χ3v) is 5.65. The second-order valence-corrected chi connectivity index (χ2v) is 6.47. The molecule has 2 heterocycles. The van der Waals surface area contributed by atoms with Gasteiger partial charge in [0.2, 0.25) is 5.75 Å². The van der Waals surface area contributed by atoms with E-state index in [1.807, 2.05) is 0 Å². The van der Waals surface area contributed by atoms with Crippen LogP contribution in [0.5, 0.6) is 17.2 Å². The first-order chi connectivity index (χ1) is 13.0. The van der Waals surface area contributed by atoms with Crippen LogP contribution in [0.15, 0.2) is 17.1 Å². The lowest BCUT2D eigenvalue weighted by atomic mass is 9.93. The molecule has 0 radical (unpaired) electrons. The number of aliphatic imine (C=N–C) groups is 1. The van der Waals surface area contributed by atoms with Crippen LogP contribution in [-0.4, -0.2) is 46.3 Å². The number of nitrogens with zero attached hydrogens (tertiary/aromatic N) is 3. The number of nitrogens with two attached hydrogens (primary N) is 1. The lowest BCUT2D eigenvalue weighted by molar-refractivity contribution is -0.184. The highest BCUT2D eigenvalue weighted by Crippen LogP contribution is 2.83. The standard InChI is InChI=1S/C18H18N4O5/c1-23-11-5-4-10(12(24-2)13(11)25-3)14-16(8-19)15(21)22-18(17(14,16)9-20)26-6-7-27-18/h4-5,14H,6-7H2,1-3H3,(H2,21,22)/t14-,16+,17+/m1/s1. The maximum absolute atomic E-state index is 10.1. The minimum atomic E-state index is -1.59. The van der Waals surface area contributed by atoms with Crippen molar-refractivity contribution in [3.8, 4) is 29.4 Å². The Hall–Kier alpha value is -3.01. The lowest BCUT2D eigenvalue weighted by Gasteiger charge is -2.26. The second-order valence-electron chi connectivity index (χ2n) is 6.47. The normalized spacial score (nSPS) is 32.2. The number of methoxy groups -OCH3 is 3. The summed E-state index contributed by atoms with van der Waals surface area (Å²) in [6, 6.07) is 7.87. The zero-order chi connectivity index (χ0) is 19.4. The van der Waals surface area contributed by atoms with Crippen molar-refractivity contribution in [2.45, 2.75) is 11.8 Å². The Labute approximate surface area is 155 Å². The van der Waals surface area contributed by atoms with Gasteiger partial charge in [0.1, 0.15) is 11.3 Å². The molecule has 0 amide bonds. The van der Waals surface area contributed by atoms with Crippen LogP contribution in [0.3, 0.4) is 0 Å². The fraction of sp³-hybridized carbons (Fsp3) is 0.500. The molecule has 140 valence electrons. The molecule has 0 unspecified atom stereocenters. The maximum Gasteiger partial charge on any atom is 0.293 e. The summed E-state index contributed by atoms with van der Waals surface area (Å²) in [5, 5.41) is 20.2. The Bertz CT molecular complexity index is 927. The third kappa shape index (κ3) is 1.67. The van der Waals surface area contributed by atoms with Crippen molar-refractivity contribution in [2.75, 3.05) is 34.5 Å². The van der Waals surface area contributed by atoms with Gasteiger partial charge in [-0.25, -0.2) is 4.99 Å². The molecule has 0 bridgehead atoms. The van der Waals surface area contributed by atoms with Crippen LogP contribution in [0, 0.1) is 33.5 Å². The van der Waals surface area contributed by atoms with Gasteiger partial charge in [-0.15, -0.1) is 0 Å². The number of ether oxygens (including phenoxy) is 5. The van der Waals surface area contributed by atoms with Gasteiger partial charge in [-0.3, -0.25) is 0 Å². The molecule has 2 aliphatic heterocycles. The first-order valence-corrected chi connectivity index (χ1v) is 8.28. The maximum atomic E-state index is 10.1. The molecule has 2 fully saturated rings. The summed E-state index contributed by atoms with van der Waals surface area (Å²) in [4.78, 5) is 4.25. The summed E-state index contributed by atoms with van der Waals surface area (Å²) < 4.78 is 27.7. The molecule has 9 heteroatoms. The van der Waals surface area contributed by atoms with Gasteiger partial charge in [0.05, 0.1) is 46.7 Å². The Morgan fingerprint density at radius 1 is 1.07 bits per heavy atom. The van der Waals surface area contributed by atoms with E-state index in [-0.39, 0.29) is 19.0 Å². The quantitative estimate of drug-likeness (QED) is 0.827. The van der Waals surface area contributed by atoms with E-state index in [0.29, 0.717) is 22.8 Å². The summed E-state index contributed by atoms with van der Waals surface area (Å²) in [6.45, 7) is 0.523. The van der Waals surface area contributed by atoms with E-state index < -0.39 is 22.7 Å². The zero-order valence-electron chi connectivity index (χ0n) is 15.1. The number of hydrogen-bond donors (Lipinski definition) is 1. The number of benzene rings is 1. The highest BCUT2D eigenvalue weighted by molar-refractivity contribution is 6.00. The molecule has 27 heavy (non-hydrogen) atoms. The van der Waals surface area contributed by atoms with E-state index in [1.54, 1.807) is 12.1 Å². The average molecular weight is 370 g/mol. The summed E-state index contributed by atoms with van der Waals surface area (Å²) in [5.74, 6) is -1.04. The third-order valence-electron chi connectivity index (χ3n) is 5.65. The van der Waals surface area contributed by atoms with Gasteiger partial charge in [0.25, 0.3) is 5.91 Å². The van der Waals surface area contributed by atoms with Crippen LogP contribution in [0.2, 0.25) is 0 Å². The summed E-state index contributed by atoms with van der Waals surface area (Å²) in [5.41, 5.74) is 3.93. The topological polar surface area (TPSA) is 132 Å². The fourth-order valence-corrected chi connectivity index (χ4v) is 4.54. The molecule has 0 aromatic heterocycles. The van der Waals surface area contributed by atoms with E-state index in [4.69, 9.17) is 29.4 Å². The van der Waals surface area contributed by atoms with Crippen molar-refractivity contribution in [1.29, 1.82) is 10.5 Å². The number of hydrogen-bond acceptors (Lipinski definition) is 9. The van der Waals surface area contributed by atoms with E-state index in [2.05, 4.69) is 17.1 Å². The smallest absolute Gasteiger partial charge is 0.293 e. The molecule has 2 N–H and O–H groups in total. The van der Waals surface area contributed by atoms with Crippen LogP contribution in [0.25, 0.3) is 0 Å². The monoisotopic (exact) mass is 370 g/mol. The molecule has 1 aromatic carbocycles. The van der Waals surface area contributed by atoms with Gasteiger partial charge in [-0.05, 0) is 6.07 Å². The number of amidine groups is 1.